The van der Waals surface area contributed by atoms with Gasteiger partial charge in [-0.05, 0) is 30.3 Å². The molecule has 0 bridgehead atoms. The second kappa shape index (κ2) is 3.66. The van der Waals surface area contributed by atoms with Crippen LogP contribution in [0.5, 0.6) is 5.75 Å². The predicted octanol–water partition coefficient (Wildman–Crippen LogP) is 1.81. The van der Waals surface area contributed by atoms with Gasteiger partial charge in [0.25, 0.3) is 0 Å². The molecule has 0 radical (unpaired) electrons. The Labute approximate surface area is 93.3 Å². The number of phenols is 1. The van der Waals surface area contributed by atoms with E-state index in [0.717, 1.165) is 0 Å². The van der Waals surface area contributed by atoms with Gasteiger partial charge in [-0.3, -0.25) is 0 Å². The van der Waals surface area contributed by atoms with E-state index < -0.39 is 0 Å². The Bertz CT molecular complexity index is 518. The minimum absolute atomic E-state index is 0.110. The molecule has 82 valence electrons. The Balaban J connectivity index is 2.72. The van der Waals surface area contributed by atoms with E-state index in [-0.39, 0.29) is 5.75 Å². The number of aromatic hydroxyl groups is 1. The third-order valence-electron chi connectivity index (χ3n) is 2.42. The zero-order chi connectivity index (χ0) is 11.7. The van der Waals surface area contributed by atoms with Crippen molar-refractivity contribution in [1.82, 2.24) is 0 Å². The summed E-state index contributed by atoms with van der Waals surface area (Å²) in [6, 6.07) is 10.0. The number of hydrogen-bond acceptors (Lipinski definition) is 4. The topological polar surface area (TPSA) is 98.3 Å². The van der Waals surface area contributed by atoms with Crippen molar-refractivity contribution in [1.29, 1.82) is 0 Å². The summed E-state index contributed by atoms with van der Waals surface area (Å²) in [5, 5.41) is 9.77. The number of hydrogen-bond donors (Lipinski definition) is 4. The van der Waals surface area contributed by atoms with Crippen molar-refractivity contribution in [2.45, 2.75) is 0 Å². The zero-order valence-electron chi connectivity index (χ0n) is 8.64. The van der Waals surface area contributed by atoms with Gasteiger partial charge in [-0.2, -0.15) is 0 Å². The van der Waals surface area contributed by atoms with Crippen LogP contribution < -0.4 is 17.2 Å². The maximum atomic E-state index is 9.77. The van der Waals surface area contributed by atoms with E-state index in [9.17, 15) is 5.11 Å². The smallest absolute Gasteiger partial charge is 0.123 e. The normalized spacial score (nSPS) is 10.2. The Morgan fingerprint density at radius 2 is 1.50 bits per heavy atom. The van der Waals surface area contributed by atoms with E-state index in [1.807, 2.05) is 0 Å². The molecule has 0 fully saturated rings. The molecule has 4 nitrogen and oxygen atoms in total. The molecule has 0 aromatic heterocycles. The molecule has 4 heteroatoms. The fourth-order valence-corrected chi connectivity index (χ4v) is 1.65. The maximum Gasteiger partial charge on any atom is 0.123 e. The summed E-state index contributed by atoms with van der Waals surface area (Å²) >= 11 is 0. The molecule has 2 aromatic carbocycles. The highest BCUT2D eigenvalue weighted by Crippen LogP contribution is 2.38. The molecule has 2 aromatic rings. The summed E-state index contributed by atoms with van der Waals surface area (Å²) in [5.74, 6) is 0.110. The molecule has 0 aliphatic rings. The summed E-state index contributed by atoms with van der Waals surface area (Å²) in [5.41, 5.74) is 20.1. The molecular weight excluding hydrogens is 202 g/mol. The SMILES string of the molecule is Nc1ccc(O)c(-c2c(N)cccc2N)c1. The monoisotopic (exact) mass is 215 g/mol. The molecule has 0 heterocycles. The number of nitrogens with two attached hydrogens (primary N) is 3. The fourth-order valence-electron chi connectivity index (χ4n) is 1.65. The minimum Gasteiger partial charge on any atom is -0.507 e. The highest BCUT2D eigenvalue weighted by Gasteiger charge is 2.11. The number of benzene rings is 2. The number of anilines is 3. The van der Waals surface area contributed by atoms with Crippen molar-refractivity contribution in [2.24, 2.45) is 0 Å². The van der Waals surface area contributed by atoms with Gasteiger partial charge in [-0.15, -0.1) is 0 Å². The van der Waals surface area contributed by atoms with E-state index in [2.05, 4.69) is 0 Å². The van der Waals surface area contributed by atoms with Gasteiger partial charge in [0.2, 0.25) is 0 Å². The van der Waals surface area contributed by atoms with Crippen LogP contribution in [0.25, 0.3) is 11.1 Å². The van der Waals surface area contributed by atoms with Gasteiger partial charge in [-0.1, -0.05) is 6.07 Å². The third kappa shape index (κ3) is 1.61. The molecule has 7 N–H and O–H groups in total. The van der Waals surface area contributed by atoms with E-state index in [4.69, 9.17) is 17.2 Å². The number of phenolic OH excluding ortho intramolecular Hbond substituents is 1. The van der Waals surface area contributed by atoms with Crippen LogP contribution in [0.4, 0.5) is 17.1 Å². The largest absolute Gasteiger partial charge is 0.507 e. The first-order valence-corrected chi connectivity index (χ1v) is 4.82. The van der Waals surface area contributed by atoms with Crippen molar-refractivity contribution in [3.05, 3.63) is 36.4 Å². The van der Waals surface area contributed by atoms with Crippen molar-refractivity contribution >= 4 is 17.1 Å². The fraction of sp³-hybridized carbons (Fsp3) is 0. The highest BCUT2D eigenvalue weighted by molar-refractivity contribution is 5.90. The summed E-state index contributed by atoms with van der Waals surface area (Å²) in [6.07, 6.45) is 0. The Morgan fingerprint density at radius 3 is 2.12 bits per heavy atom. The van der Waals surface area contributed by atoms with Crippen molar-refractivity contribution in [2.75, 3.05) is 17.2 Å². The van der Waals surface area contributed by atoms with Gasteiger partial charge >= 0.3 is 0 Å². The Hall–Kier alpha value is -2.36. The molecule has 0 saturated heterocycles. The number of nitrogen functional groups attached to an aromatic ring is 3. The van der Waals surface area contributed by atoms with Crippen molar-refractivity contribution in [3.63, 3.8) is 0 Å². The van der Waals surface area contributed by atoms with Crippen LogP contribution in [0.3, 0.4) is 0 Å². The average molecular weight is 215 g/mol. The maximum absolute atomic E-state index is 9.77. The molecule has 16 heavy (non-hydrogen) atoms. The summed E-state index contributed by atoms with van der Waals surface area (Å²) in [6.45, 7) is 0. The molecule has 0 aliphatic carbocycles. The second-order valence-corrected chi connectivity index (χ2v) is 3.59. The lowest BCUT2D eigenvalue weighted by Crippen LogP contribution is -1.97. The van der Waals surface area contributed by atoms with E-state index >= 15 is 0 Å². The minimum atomic E-state index is 0.110. The first kappa shape index (κ1) is 10.2. The van der Waals surface area contributed by atoms with Crippen molar-refractivity contribution < 1.29 is 5.11 Å². The average Bonchev–Trinajstić information content (AvgIpc) is 2.23. The van der Waals surface area contributed by atoms with Crippen LogP contribution in [0.1, 0.15) is 0 Å². The van der Waals surface area contributed by atoms with Crippen LogP contribution in [0.2, 0.25) is 0 Å². The van der Waals surface area contributed by atoms with Crippen LogP contribution in [0, 0.1) is 0 Å². The summed E-state index contributed by atoms with van der Waals surface area (Å²) in [4.78, 5) is 0. The Kier molecular flexibility index (Phi) is 2.32. The quantitative estimate of drug-likeness (QED) is 0.430. The highest BCUT2D eigenvalue weighted by atomic mass is 16.3. The van der Waals surface area contributed by atoms with Crippen LogP contribution in [-0.2, 0) is 0 Å². The van der Waals surface area contributed by atoms with E-state index in [1.54, 1.807) is 30.3 Å². The molecule has 0 amide bonds. The zero-order valence-corrected chi connectivity index (χ0v) is 8.64. The van der Waals surface area contributed by atoms with Gasteiger partial charge in [0.05, 0.1) is 0 Å². The van der Waals surface area contributed by atoms with Gasteiger partial charge in [-0.25, -0.2) is 0 Å². The van der Waals surface area contributed by atoms with E-state index in [0.29, 0.717) is 28.2 Å². The molecule has 0 spiro atoms. The first-order chi connectivity index (χ1) is 7.59. The standard InChI is InChI=1S/C12H13N3O/c13-7-4-5-11(16)8(6-7)12-9(14)2-1-3-10(12)15/h1-6,16H,13-15H2. The molecule has 0 saturated carbocycles. The van der Waals surface area contributed by atoms with Gasteiger partial charge < -0.3 is 22.3 Å². The third-order valence-corrected chi connectivity index (χ3v) is 2.42. The van der Waals surface area contributed by atoms with Gasteiger partial charge in [0.1, 0.15) is 5.75 Å². The van der Waals surface area contributed by atoms with Gasteiger partial charge in [0.15, 0.2) is 0 Å². The van der Waals surface area contributed by atoms with Crippen molar-refractivity contribution in [3.8, 4) is 16.9 Å². The van der Waals surface area contributed by atoms with E-state index in [1.165, 1.54) is 6.07 Å². The molecular formula is C12H13N3O. The molecule has 0 unspecified atom stereocenters. The Morgan fingerprint density at radius 1 is 0.875 bits per heavy atom. The van der Waals surface area contributed by atoms with Crippen LogP contribution in [-0.4, -0.2) is 5.11 Å². The lowest BCUT2D eigenvalue weighted by molar-refractivity contribution is 0.477. The van der Waals surface area contributed by atoms with Gasteiger partial charge in [0, 0.05) is 28.2 Å². The van der Waals surface area contributed by atoms with Crippen LogP contribution in [0.15, 0.2) is 36.4 Å². The summed E-state index contributed by atoms with van der Waals surface area (Å²) in [7, 11) is 0. The summed E-state index contributed by atoms with van der Waals surface area (Å²) < 4.78 is 0. The molecule has 0 aliphatic heterocycles. The second-order valence-electron chi connectivity index (χ2n) is 3.59. The first-order valence-electron chi connectivity index (χ1n) is 4.82. The van der Waals surface area contributed by atoms with Crippen LogP contribution >= 0.6 is 0 Å². The molecule has 0 atom stereocenters. The predicted molar refractivity (Wildman–Crippen MR) is 66.8 cm³/mol. The molecule has 2 rings (SSSR count). The lowest BCUT2D eigenvalue weighted by Gasteiger charge is -2.11. The lowest BCUT2D eigenvalue weighted by atomic mass is 10.0. The number of rotatable bonds is 1.